The standard InChI is InChI=1S/C76H116N8O38/c1-57(2)72(73(92)80-62(11-9-26-78-74(77)93)65(86)31-58-14-16-59(17-15-58)33-120-75(94)82(3)28-29-83(4)76(95)121-61-20-18-60-19-25-71(91)122-66(60)32-61)81-68(88)22-21-63(79-67(87)13-7-6-8-27-84-69(89)23-24-70(84)90)64(85)12-10-30-97-35-99-37-101-39-103-41-105-43-107-45-109-47-111-49-113-51-115-53-117-55-119-56-118-54-116-52-114-50-112-48-110-46-108-44-106-42-104-40-102-38-100-36-98-34-96-5/h14-20,23-25,32,57,62-63,72H,6-13,21-22,26-31,33-56H2,1-5H3,(H,79,87)(H,80,92)(H,81,88)(H3,77,78,93)/t62-,63?,72?/m0/s1. The maximum Gasteiger partial charge on any atom is 0.415 e. The fraction of sp³-hybridized carbons (Fsp3) is 0.645. The number of hydrogen-bond acceptors (Lipinski definition) is 38. The summed E-state index contributed by atoms with van der Waals surface area (Å²) < 4.78 is 139. The monoisotopic (exact) mass is 1750 g/mol. The first-order chi connectivity index (χ1) is 59.2. The minimum atomic E-state index is -1.16. The molecule has 46 nitrogen and oxygen atoms in total. The third-order valence-electron chi connectivity index (χ3n) is 16.0. The Morgan fingerprint density at radius 3 is 1.35 bits per heavy atom. The zero-order valence-corrected chi connectivity index (χ0v) is 69.4. The zero-order valence-electron chi connectivity index (χ0n) is 69.4. The number of methoxy groups -OCH3 is 1. The van der Waals surface area contributed by atoms with E-state index in [1.165, 1.54) is 55.3 Å². The molecular weight excluding hydrogens is 1630 g/mol. The number of amides is 9. The molecule has 1 aliphatic heterocycles. The van der Waals surface area contributed by atoms with E-state index in [0.29, 0.717) is 35.8 Å². The molecule has 1 aromatic heterocycles. The zero-order chi connectivity index (χ0) is 88.3. The summed E-state index contributed by atoms with van der Waals surface area (Å²) in [4.78, 5) is 145. The highest BCUT2D eigenvalue weighted by Crippen LogP contribution is 2.21. The molecular formula is C76H116N8O38. The predicted octanol–water partition coefficient (Wildman–Crippen LogP) is 2.83. The lowest BCUT2D eigenvalue weighted by Gasteiger charge is -2.26. The van der Waals surface area contributed by atoms with E-state index in [1.54, 1.807) is 56.3 Å². The van der Waals surface area contributed by atoms with E-state index < -0.39 is 89.0 Å². The Morgan fingerprint density at radius 2 is 0.885 bits per heavy atom. The topological polar surface area (TPSA) is 525 Å². The fourth-order valence-electron chi connectivity index (χ4n) is 9.92. The van der Waals surface area contributed by atoms with Crippen LogP contribution in [-0.4, -0.2) is 302 Å². The number of imide groups is 1. The summed E-state index contributed by atoms with van der Waals surface area (Å²) in [5.41, 5.74) is 6.11. The second-order valence-corrected chi connectivity index (χ2v) is 26.1. The number of nitrogens with two attached hydrogens (primary N) is 1. The number of benzene rings is 2. The summed E-state index contributed by atoms with van der Waals surface area (Å²) in [6.45, 7) is 1.26. The average Bonchev–Trinajstić information content (AvgIpc) is 1.86. The molecule has 46 heteroatoms. The molecule has 0 saturated heterocycles. The van der Waals surface area contributed by atoms with Crippen LogP contribution in [0.15, 0.2) is 76.0 Å². The molecule has 0 radical (unpaired) electrons. The van der Waals surface area contributed by atoms with Crippen LogP contribution in [0.1, 0.15) is 89.2 Å². The van der Waals surface area contributed by atoms with Gasteiger partial charge in [-0.15, -0.1) is 0 Å². The molecule has 0 spiro atoms. The van der Waals surface area contributed by atoms with Crippen LogP contribution in [-0.2, 0) is 165 Å². The Hall–Kier alpha value is -8.87. The Balaban J connectivity index is 1.03. The molecule has 122 heavy (non-hydrogen) atoms. The summed E-state index contributed by atoms with van der Waals surface area (Å²) in [7, 11) is 4.48. The quantitative estimate of drug-likeness (QED) is 0.0235. The molecule has 0 aliphatic carbocycles. The highest BCUT2D eigenvalue weighted by atomic mass is 16.9. The van der Waals surface area contributed by atoms with E-state index in [0.717, 1.165) is 4.90 Å². The molecule has 3 atom stereocenters. The minimum absolute atomic E-state index is 0.000298. The SMILES string of the molecule is COCOCOCOCOCOCOCOCOCOCOCOCOCOCOCOCOCOCOCOCOCOCOCOCCCC(=O)C(CCC(=O)NC(C(=O)N[C@@H](CCCNC(N)=O)C(=O)Cc1ccc(COC(=O)N(C)CCN(C)C(=O)Oc2ccc3ccc(=O)oc3c2)cc1)C(C)C)NC(=O)CCCCCN1C(=O)C=CC1=O. The summed E-state index contributed by atoms with van der Waals surface area (Å²) in [5.74, 6) is -3.76. The number of carbonyl (C=O) groups excluding carboxylic acids is 10. The van der Waals surface area contributed by atoms with Gasteiger partial charge in [0, 0.05) is 109 Å². The van der Waals surface area contributed by atoms with Crippen LogP contribution in [0.2, 0.25) is 0 Å². The normalized spacial score (nSPS) is 12.7. The van der Waals surface area contributed by atoms with E-state index in [-0.39, 0.29) is 258 Å². The number of unbranched alkanes of at least 4 members (excludes halogenated alkanes) is 2. The summed E-state index contributed by atoms with van der Waals surface area (Å²) in [5, 5.41) is 11.4. The average molecular weight is 1750 g/mol. The third kappa shape index (κ3) is 51.9. The highest BCUT2D eigenvalue weighted by molar-refractivity contribution is 6.12. The van der Waals surface area contributed by atoms with Crippen LogP contribution in [0.25, 0.3) is 11.0 Å². The van der Waals surface area contributed by atoms with Crippen molar-refractivity contribution in [2.24, 2.45) is 11.7 Å². The van der Waals surface area contributed by atoms with Gasteiger partial charge in [0.15, 0.2) is 154 Å². The number of Topliss-reactive ketones (excluding diaryl/α,β-unsaturated/α-hetero) is 2. The fourth-order valence-corrected chi connectivity index (χ4v) is 9.92. The summed E-state index contributed by atoms with van der Waals surface area (Å²) >= 11 is 0. The van der Waals surface area contributed by atoms with Crippen molar-refractivity contribution in [3.8, 4) is 5.75 Å². The lowest BCUT2D eigenvalue weighted by atomic mass is 9.97. The van der Waals surface area contributed by atoms with Crippen molar-refractivity contribution >= 4 is 70.3 Å². The number of urea groups is 1. The molecule has 2 unspecified atom stereocenters. The molecule has 4 rings (SSSR count). The molecule has 0 bridgehead atoms. The first-order valence-corrected chi connectivity index (χ1v) is 38.4. The number of likely N-dealkylation sites (N-methyl/N-ethyl adjacent to an activating group) is 2. The lowest BCUT2D eigenvalue weighted by Crippen LogP contribution is -2.54. The Labute approximate surface area is 704 Å². The second-order valence-electron chi connectivity index (χ2n) is 26.1. The predicted molar refractivity (Wildman–Crippen MR) is 413 cm³/mol. The molecule has 9 amide bonds. The smallest absolute Gasteiger partial charge is 0.415 e. The number of nitrogens with one attached hydrogen (secondary N) is 4. The van der Waals surface area contributed by atoms with Gasteiger partial charge < -0.3 is 164 Å². The van der Waals surface area contributed by atoms with Gasteiger partial charge in [-0.3, -0.25) is 38.5 Å². The van der Waals surface area contributed by atoms with E-state index in [4.69, 9.17) is 133 Å². The van der Waals surface area contributed by atoms with E-state index in [2.05, 4.69) is 21.3 Å². The minimum Gasteiger partial charge on any atom is -0.445 e. The molecule has 3 aromatic rings. The van der Waals surface area contributed by atoms with Gasteiger partial charge in [0.05, 0.1) is 12.1 Å². The number of nitrogens with zero attached hydrogens (tertiary/aromatic N) is 3. The van der Waals surface area contributed by atoms with Crippen LogP contribution in [0.4, 0.5) is 14.4 Å². The number of rotatable bonds is 78. The van der Waals surface area contributed by atoms with Crippen molar-refractivity contribution in [3.05, 3.63) is 88.3 Å². The largest absolute Gasteiger partial charge is 0.445 e. The van der Waals surface area contributed by atoms with Crippen molar-refractivity contribution in [2.75, 3.05) is 210 Å². The molecule has 2 aromatic carbocycles. The van der Waals surface area contributed by atoms with Crippen LogP contribution < -0.4 is 37.4 Å². The van der Waals surface area contributed by atoms with Gasteiger partial charge in [0.1, 0.15) is 37.6 Å². The highest BCUT2D eigenvalue weighted by Gasteiger charge is 2.31. The summed E-state index contributed by atoms with van der Waals surface area (Å²) in [6, 6.07) is 9.97. The van der Waals surface area contributed by atoms with Crippen LogP contribution >= 0.6 is 0 Å². The van der Waals surface area contributed by atoms with Gasteiger partial charge in [-0.25, -0.2) is 19.2 Å². The molecule has 0 saturated carbocycles. The van der Waals surface area contributed by atoms with Crippen molar-refractivity contribution in [2.45, 2.75) is 109 Å². The first kappa shape index (κ1) is 105. The van der Waals surface area contributed by atoms with E-state index in [9.17, 15) is 52.7 Å². The van der Waals surface area contributed by atoms with Gasteiger partial charge in [-0.1, -0.05) is 44.5 Å². The van der Waals surface area contributed by atoms with Crippen molar-refractivity contribution < 1.29 is 176 Å². The number of ketones is 2. The maximum absolute atomic E-state index is 14.1. The molecule has 2 heterocycles. The van der Waals surface area contributed by atoms with Gasteiger partial charge in [-0.2, -0.15) is 0 Å². The number of ether oxygens (including phenoxy) is 26. The summed E-state index contributed by atoms with van der Waals surface area (Å²) in [6.07, 6.45) is 2.13. The maximum atomic E-state index is 14.1. The lowest BCUT2D eigenvalue weighted by molar-refractivity contribution is -0.242. The molecule has 0 fully saturated rings. The van der Waals surface area contributed by atoms with Crippen molar-refractivity contribution in [3.63, 3.8) is 0 Å². The van der Waals surface area contributed by atoms with Crippen LogP contribution in [0.3, 0.4) is 0 Å². The second kappa shape index (κ2) is 68.6. The van der Waals surface area contributed by atoms with Crippen molar-refractivity contribution in [1.82, 2.24) is 36.0 Å². The third-order valence-corrected chi connectivity index (χ3v) is 16.0. The Kier molecular flexibility index (Phi) is 59.3. The van der Waals surface area contributed by atoms with Crippen LogP contribution in [0, 0.1) is 5.92 Å². The Bertz CT molecular complexity index is 3490. The number of carbonyl (C=O) groups is 10. The number of fused-ring (bicyclic) bond motifs is 1. The number of primary amides is 1. The molecule has 1 aliphatic rings. The van der Waals surface area contributed by atoms with Gasteiger partial charge in [0.2, 0.25) is 17.7 Å². The Morgan fingerprint density at radius 1 is 0.451 bits per heavy atom. The van der Waals surface area contributed by atoms with Gasteiger partial charge in [-0.05, 0) is 73.8 Å². The van der Waals surface area contributed by atoms with Gasteiger partial charge in [0.25, 0.3) is 11.8 Å². The molecule has 688 valence electrons. The van der Waals surface area contributed by atoms with E-state index >= 15 is 0 Å². The van der Waals surface area contributed by atoms with Crippen LogP contribution in [0.5, 0.6) is 5.75 Å². The first-order valence-electron chi connectivity index (χ1n) is 38.4. The van der Waals surface area contributed by atoms with Gasteiger partial charge >= 0.3 is 23.8 Å². The van der Waals surface area contributed by atoms with Crippen molar-refractivity contribution in [1.29, 1.82) is 0 Å². The number of hydrogen-bond donors (Lipinski definition) is 5. The van der Waals surface area contributed by atoms with E-state index in [1.807, 2.05) is 0 Å². The molecule has 6 N–H and O–H groups in total.